The largest absolute Gasteiger partial charge is 0.491 e. The number of aromatic nitrogens is 2. The van der Waals surface area contributed by atoms with Crippen LogP contribution < -0.4 is 15.8 Å². The highest BCUT2D eigenvalue weighted by molar-refractivity contribution is 6.37. The lowest BCUT2D eigenvalue weighted by Gasteiger charge is -2.19. The Bertz CT molecular complexity index is 1180. The number of halogens is 3. The van der Waals surface area contributed by atoms with E-state index in [0.717, 1.165) is 6.07 Å². The molecule has 0 saturated heterocycles. The quantitative estimate of drug-likeness (QED) is 0.318. The fourth-order valence-electron chi connectivity index (χ4n) is 2.76. The zero-order valence-corrected chi connectivity index (χ0v) is 18.4. The van der Waals surface area contributed by atoms with E-state index in [1.54, 1.807) is 7.85 Å². The molecule has 0 bridgehead atoms. The summed E-state index contributed by atoms with van der Waals surface area (Å²) in [4.78, 5) is 24.1. The van der Waals surface area contributed by atoms with Crippen LogP contribution in [0.1, 0.15) is 32.4 Å². The van der Waals surface area contributed by atoms with E-state index in [-0.39, 0.29) is 32.9 Å². The molecule has 0 unspecified atom stereocenters. The fraction of sp³-hybridized carbons (Fsp3) is 0.100. The number of nitrogens with one attached hydrogen (secondary N) is 1. The molecule has 32 heavy (non-hydrogen) atoms. The number of carbonyl (C=O) groups excluding carboxylic acids is 2. The van der Waals surface area contributed by atoms with E-state index >= 15 is 0 Å². The number of ether oxygens (including phenoxy) is 2. The average molecular weight is 477 g/mol. The van der Waals surface area contributed by atoms with Gasteiger partial charge in [0.2, 0.25) is 0 Å². The van der Waals surface area contributed by atoms with Gasteiger partial charge in [0.05, 0.1) is 23.7 Å². The molecule has 1 heterocycles. The number of hydrogen-bond acceptors (Lipinski definition) is 7. The number of anilines is 2. The van der Waals surface area contributed by atoms with Crippen molar-refractivity contribution >= 4 is 54.4 Å². The van der Waals surface area contributed by atoms with Gasteiger partial charge in [0.15, 0.2) is 25.1 Å². The molecular formula is C20H16BCl2FN4O4. The van der Waals surface area contributed by atoms with Gasteiger partial charge in [-0.05, 0) is 36.4 Å². The minimum Gasteiger partial charge on any atom is -0.491 e. The minimum absolute atomic E-state index is 0.0371. The number of esters is 1. The molecule has 164 valence electrons. The number of methoxy groups -OCH3 is 1. The Morgan fingerprint density at radius 2 is 1.84 bits per heavy atom. The summed E-state index contributed by atoms with van der Waals surface area (Å²) >= 11 is 12.2. The van der Waals surface area contributed by atoms with Gasteiger partial charge in [0.25, 0.3) is 5.91 Å². The molecule has 12 heteroatoms. The van der Waals surface area contributed by atoms with Gasteiger partial charge >= 0.3 is 5.97 Å². The van der Waals surface area contributed by atoms with Crippen LogP contribution in [0.25, 0.3) is 0 Å². The van der Waals surface area contributed by atoms with Crippen LogP contribution in [0.2, 0.25) is 10.0 Å². The molecule has 0 spiro atoms. The van der Waals surface area contributed by atoms with Gasteiger partial charge in [-0.1, -0.05) is 23.2 Å². The predicted molar refractivity (Wildman–Crippen MR) is 121 cm³/mol. The first-order chi connectivity index (χ1) is 15.2. The highest BCUT2D eigenvalue weighted by atomic mass is 35.5. The summed E-state index contributed by atoms with van der Waals surface area (Å²) in [6, 6.07) is 9.04. The molecule has 0 fully saturated rings. The molecular weight excluding hydrogens is 461 g/mol. The van der Waals surface area contributed by atoms with Gasteiger partial charge in [0, 0.05) is 22.3 Å². The Balaban J connectivity index is 1.79. The maximum Gasteiger partial charge on any atom is 0.337 e. The number of benzene rings is 2. The van der Waals surface area contributed by atoms with Gasteiger partial charge in [-0.15, -0.1) is 10.2 Å². The SMILES string of the molecule is B[C@@H](Oc1cc(C(=O)Nc2ccc(C(=O)OC)cc2)nnc1N)c1c(Cl)ccc(F)c1Cl. The van der Waals surface area contributed by atoms with Crippen molar-refractivity contribution in [2.45, 2.75) is 6.00 Å². The van der Waals surface area contributed by atoms with Crippen molar-refractivity contribution in [3.63, 3.8) is 0 Å². The van der Waals surface area contributed by atoms with Crippen LogP contribution in [0.5, 0.6) is 5.75 Å². The van der Waals surface area contributed by atoms with E-state index in [1.807, 2.05) is 0 Å². The van der Waals surface area contributed by atoms with Crippen LogP contribution in [-0.2, 0) is 4.74 Å². The second-order valence-corrected chi connectivity index (χ2v) is 7.30. The van der Waals surface area contributed by atoms with Gasteiger partial charge < -0.3 is 20.5 Å². The van der Waals surface area contributed by atoms with Crippen molar-refractivity contribution in [3.8, 4) is 5.75 Å². The maximum absolute atomic E-state index is 13.8. The van der Waals surface area contributed by atoms with E-state index in [2.05, 4.69) is 20.3 Å². The van der Waals surface area contributed by atoms with E-state index < -0.39 is 23.7 Å². The van der Waals surface area contributed by atoms with Crippen molar-refractivity contribution in [3.05, 3.63) is 75.1 Å². The normalized spacial score (nSPS) is 11.5. The molecule has 2 aromatic carbocycles. The van der Waals surface area contributed by atoms with Crippen LogP contribution in [0, 0.1) is 5.82 Å². The van der Waals surface area contributed by atoms with Crippen LogP contribution in [0.3, 0.4) is 0 Å². The third-order valence-corrected chi connectivity index (χ3v) is 5.09. The molecule has 0 aliphatic rings. The Kier molecular flexibility index (Phi) is 7.17. The van der Waals surface area contributed by atoms with Crippen molar-refractivity contribution in [1.29, 1.82) is 0 Å². The molecule has 1 atom stereocenters. The molecule has 8 nitrogen and oxygen atoms in total. The third-order valence-electron chi connectivity index (χ3n) is 4.37. The maximum atomic E-state index is 13.8. The summed E-state index contributed by atoms with van der Waals surface area (Å²) in [5.74, 6) is -1.79. The van der Waals surface area contributed by atoms with E-state index in [4.69, 9.17) is 33.7 Å². The van der Waals surface area contributed by atoms with E-state index in [9.17, 15) is 14.0 Å². The number of carbonyl (C=O) groups is 2. The lowest BCUT2D eigenvalue weighted by Crippen LogP contribution is -2.17. The second kappa shape index (κ2) is 9.84. The average Bonchev–Trinajstić information content (AvgIpc) is 2.78. The highest BCUT2D eigenvalue weighted by Crippen LogP contribution is 2.34. The second-order valence-electron chi connectivity index (χ2n) is 6.52. The predicted octanol–water partition coefficient (Wildman–Crippen LogP) is 3.25. The van der Waals surface area contributed by atoms with Crippen molar-refractivity contribution in [2.75, 3.05) is 18.2 Å². The lowest BCUT2D eigenvalue weighted by molar-refractivity contribution is 0.0600. The Labute approximate surface area is 193 Å². The van der Waals surface area contributed by atoms with Crippen LogP contribution in [-0.4, -0.2) is 37.0 Å². The van der Waals surface area contributed by atoms with Gasteiger partial charge in [0.1, 0.15) is 5.82 Å². The molecule has 3 rings (SSSR count). The summed E-state index contributed by atoms with van der Waals surface area (Å²) < 4.78 is 24.2. The smallest absolute Gasteiger partial charge is 0.337 e. The molecule has 1 amide bonds. The summed E-state index contributed by atoms with van der Waals surface area (Å²) in [5, 5.41) is 10.2. The number of amides is 1. The van der Waals surface area contributed by atoms with Gasteiger partial charge in [-0.2, -0.15) is 0 Å². The number of nitrogen functional groups attached to an aromatic ring is 1. The molecule has 0 aliphatic carbocycles. The highest BCUT2D eigenvalue weighted by Gasteiger charge is 2.21. The van der Waals surface area contributed by atoms with Gasteiger partial charge in [-0.3, -0.25) is 4.79 Å². The third kappa shape index (κ3) is 5.09. The zero-order chi connectivity index (χ0) is 23.4. The number of hydrogen-bond donors (Lipinski definition) is 2. The Hall–Kier alpha value is -3.37. The van der Waals surface area contributed by atoms with Crippen molar-refractivity contribution < 1.29 is 23.5 Å². The topological polar surface area (TPSA) is 116 Å². The molecule has 3 aromatic rings. The van der Waals surface area contributed by atoms with Crippen molar-refractivity contribution in [1.82, 2.24) is 10.2 Å². The zero-order valence-electron chi connectivity index (χ0n) is 16.9. The molecule has 0 saturated carbocycles. The molecule has 3 N–H and O–H groups in total. The van der Waals surface area contributed by atoms with Gasteiger partial charge in [-0.25, -0.2) is 9.18 Å². The molecule has 1 aromatic heterocycles. The Morgan fingerprint density at radius 3 is 2.50 bits per heavy atom. The first kappa shape index (κ1) is 23.3. The summed E-state index contributed by atoms with van der Waals surface area (Å²) in [6.45, 7) is 0. The van der Waals surface area contributed by atoms with Crippen molar-refractivity contribution in [2.24, 2.45) is 0 Å². The van der Waals surface area contributed by atoms with E-state index in [0.29, 0.717) is 11.3 Å². The summed E-state index contributed by atoms with van der Waals surface area (Å²) in [6.07, 6.45) is 0. The van der Waals surface area contributed by atoms with Crippen LogP contribution in [0.4, 0.5) is 15.9 Å². The summed E-state index contributed by atoms with van der Waals surface area (Å²) in [7, 11) is 2.86. The first-order valence-corrected chi connectivity index (χ1v) is 9.89. The first-order valence-electron chi connectivity index (χ1n) is 9.14. The standard InChI is InChI=1S/C20H16BCl2FN4O4/c1-31-20(30)9-2-4-10(5-3-9)26-19(29)13-8-14(18(25)28-27-13)32-17(21)15-11(22)6-7-12(24)16(15)23/h2-8,17H,21H2,1H3,(H2,25,28)(H,26,29)/t17-/m0/s1. The summed E-state index contributed by atoms with van der Waals surface area (Å²) in [5.41, 5.74) is 6.70. The Morgan fingerprint density at radius 1 is 1.16 bits per heavy atom. The molecule has 0 radical (unpaired) electrons. The monoisotopic (exact) mass is 476 g/mol. The van der Waals surface area contributed by atoms with E-state index in [1.165, 1.54) is 43.5 Å². The minimum atomic E-state index is -0.807. The van der Waals surface area contributed by atoms with Crippen LogP contribution >= 0.6 is 23.2 Å². The lowest BCUT2D eigenvalue weighted by atomic mass is 9.91. The fourth-order valence-corrected chi connectivity index (χ4v) is 3.43. The number of rotatable bonds is 6. The number of nitrogens with zero attached hydrogens (tertiary/aromatic N) is 2. The molecule has 0 aliphatic heterocycles. The number of nitrogens with two attached hydrogens (primary N) is 1. The van der Waals surface area contributed by atoms with Crippen LogP contribution in [0.15, 0.2) is 42.5 Å².